The van der Waals surface area contributed by atoms with Gasteiger partial charge in [-0.05, 0) is 42.8 Å². The Labute approximate surface area is 117 Å². The molecule has 18 heavy (non-hydrogen) atoms. The molecule has 0 radical (unpaired) electrons. The van der Waals surface area contributed by atoms with Crippen LogP contribution in [0.2, 0.25) is 0 Å². The maximum absolute atomic E-state index is 5.47. The minimum atomic E-state index is 0.0782. The van der Waals surface area contributed by atoms with Gasteiger partial charge in [-0.1, -0.05) is 26.8 Å². The average Bonchev–Trinajstić information content (AvgIpc) is 2.28. The molecule has 1 unspecified atom stereocenters. The minimum Gasteiger partial charge on any atom is -0.496 e. The second-order valence-electron chi connectivity index (χ2n) is 5.87. The quantitative estimate of drug-likeness (QED) is 0.838. The van der Waals surface area contributed by atoms with Gasteiger partial charge in [-0.3, -0.25) is 0 Å². The predicted octanol–water partition coefficient (Wildman–Crippen LogP) is 3.53. The van der Waals surface area contributed by atoms with E-state index in [1.807, 2.05) is 0 Å². The first kappa shape index (κ1) is 15.4. The molecule has 1 rings (SSSR count). The number of benzene rings is 1. The molecule has 0 N–H and O–H groups in total. The van der Waals surface area contributed by atoms with Crippen molar-refractivity contribution in [2.24, 2.45) is 0 Å². The van der Waals surface area contributed by atoms with Gasteiger partial charge in [0.05, 0.1) is 7.11 Å². The zero-order valence-electron chi connectivity index (χ0n) is 12.3. The Morgan fingerprint density at radius 2 is 1.89 bits per heavy atom. The molecular formula is C15H25NOS. The zero-order valence-corrected chi connectivity index (χ0v) is 13.2. The maximum Gasteiger partial charge on any atom is 0.122 e. The van der Waals surface area contributed by atoms with E-state index in [0.29, 0.717) is 6.04 Å². The SMILES string of the molecule is COc1ccc(C(CS)N(C)C)cc1C(C)(C)C. The van der Waals surface area contributed by atoms with Crippen LogP contribution in [0, 0.1) is 0 Å². The average molecular weight is 267 g/mol. The second-order valence-corrected chi connectivity index (χ2v) is 6.24. The van der Waals surface area contributed by atoms with Crippen molar-refractivity contribution >= 4 is 12.6 Å². The fraction of sp³-hybridized carbons (Fsp3) is 0.600. The first-order valence-corrected chi connectivity index (χ1v) is 6.90. The molecule has 0 aliphatic rings. The van der Waals surface area contributed by atoms with Crippen LogP contribution in [-0.2, 0) is 5.41 Å². The van der Waals surface area contributed by atoms with Gasteiger partial charge >= 0.3 is 0 Å². The lowest BCUT2D eigenvalue weighted by molar-refractivity contribution is 0.325. The van der Waals surface area contributed by atoms with E-state index in [-0.39, 0.29) is 5.41 Å². The molecule has 0 spiro atoms. The molecule has 2 nitrogen and oxygen atoms in total. The van der Waals surface area contributed by atoms with Gasteiger partial charge in [0.2, 0.25) is 0 Å². The minimum absolute atomic E-state index is 0.0782. The van der Waals surface area contributed by atoms with Crippen molar-refractivity contribution in [2.75, 3.05) is 27.0 Å². The van der Waals surface area contributed by atoms with Gasteiger partial charge in [0.25, 0.3) is 0 Å². The molecular weight excluding hydrogens is 242 g/mol. The summed E-state index contributed by atoms with van der Waals surface area (Å²) in [7, 11) is 5.90. The summed E-state index contributed by atoms with van der Waals surface area (Å²) in [6.07, 6.45) is 0. The van der Waals surface area contributed by atoms with Crippen molar-refractivity contribution in [3.05, 3.63) is 29.3 Å². The molecule has 1 aromatic rings. The van der Waals surface area contributed by atoms with Gasteiger partial charge in [-0.2, -0.15) is 12.6 Å². The van der Waals surface area contributed by atoms with Crippen LogP contribution < -0.4 is 4.74 Å². The number of methoxy groups -OCH3 is 1. The summed E-state index contributed by atoms with van der Waals surface area (Å²) in [5.41, 5.74) is 2.62. The molecule has 1 aromatic carbocycles. The van der Waals surface area contributed by atoms with Crippen molar-refractivity contribution in [1.29, 1.82) is 0 Å². The van der Waals surface area contributed by atoms with Crippen molar-refractivity contribution in [3.8, 4) is 5.75 Å². The molecule has 0 heterocycles. The Kier molecular flexibility index (Phi) is 5.11. The Bertz CT molecular complexity index is 396. The Balaban J connectivity index is 3.26. The summed E-state index contributed by atoms with van der Waals surface area (Å²) in [6, 6.07) is 6.78. The van der Waals surface area contributed by atoms with Crippen LogP contribution in [0.15, 0.2) is 18.2 Å². The maximum atomic E-state index is 5.47. The van der Waals surface area contributed by atoms with Gasteiger partial charge in [0.15, 0.2) is 0 Å². The Hall–Kier alpha value is -0.670. The van der Waals surface area contributed by atoms with Crippen molar-refractivity contribution in [3.63, 3.8) is 0 Å². The van der Waals surface area contributed by atoms with Crippen LogP contribution in [0.3, 0.4) is 0 Å². The van der Waals surface area contributed by atoms with E-state index in [1.165, 1.54) is 11.1 Å². The highest BCUT2D eigenvalue weighted by Gasteiger charge is 2.21. The predicted molar refractivity (Wildman–Crippen MR) is 82.0 cm³/mol. The van der Waals surface area contributed by atoms with E-state index in [4.69, 9.17) is 4.74 Å². The number of rotatable bonds is 4. The number of hydrogen-bond donors (Lipinski definition) is 1. The van der Waals surface area contributed by atoms with E-state index in [2.05, 4.69) is 70.6 Å². The van der Waals surface area contributed by atoms with E-state index in [1.54, 1.807) is 7.11 Å². The second kappa shape index (κ2) is 5.98. The number of nitrogens with zero attached hydrogens (tertiary/aromatic N) is 1. The molecule has 0 fully saturated rings. The highest BCUT2D eigenvalue weighted by Crippen LogP contribution is 2.34. The molecule has 1 atom stereocenters. The number of hydrogen-bond acceptors (Lipinski definition) is 3. The normalized spacial score (nSPS) is 13.8. The monoisotopic (exact) mass is 267 g/mol. The summed E-state index contributed by atoms with van der Waals surface area (Å²) in [6.45, 7) is 6.62. The van der Waals surface area contributed by atoms with Gasteiger partial charge in [-0.25, -0.2) is 0 Å². The third-order valence-electron chi connectivity index (χ3n) is 3.21. The van der Waals surface area contributed by atoms with E-state index < -0.39 is 0 Å². The molecule has 0 saturated heterocycles. The Morgan fingerprint density at radius 1 is 1.28 bits per heavy atom. The summed E-state index contributed by atoms with van der Waals surface area (Å²) >= 11 is 4.45. The smallest absolute Gasteiger partial charge is 0.122 e. The summed E-state index contributed by atoms with van der Waals surface area (Å²) < 4.78 is 5.47. The first-order valence-electron chi connectivity index (χ1n) is 6.27. The lowest BCUT2D eigenvalue weighted by Crippen LogP contribution is -2.22. The lowest BCUT2D eigenvalue weighted by Gasteiger charge is -2.27. The Morgan fingerprint density at radius 3 is 2.28 bits per heavy atom. The number of thiol groups is 1. The van der Waals surface area contributed by atoms with Crippen molar-refractivity contribution in [1.82, 2.24) is 4.90 Å². The van der Waals surface area contributed by atoms with Crippen molar-refractivity contribution < 1.29 is 4.74 Å². The molecule has 0 saturated carbocycles. The fourth-order valence-corrected chi connectivity index (χ4v) is 2.62. The highest BCUT2D eigenvalue weighted by atomic mass is 32.1. The highest BCUT2D eigenvalue weighted by molar-refractivity contribution is 7.80. The van der Waals surface area contributed by atoms with E-state index in [0.717, 1.165) is 11.5 Å². The zero-order chi connectivity index (χ0) is 13.9. The number of ether oxygens (including phenoxy) is 1. The third-order valence-corrected chi connectivity index (χ3v) is 3.56. The van der Waals surface area contributed by atoms with Crippen LogP contribution in [0.4, 0.5) is 0 Å². The van der Waals surface area contributed by atoms with Crippen LogP contribution >= 0.6 is 12.6 Å². The van der Waals surface area contributed by atoms with Crippen LogP contribution in [0.5, 0.6) is 5.75 Å². The van der Waals surface area contributed by atoms with E-state index in [9.17, 15) is 0 Å². The van der Waals surface area contributed by atoms with Crippen molar-refractivity contribution in [2.45, 2.75) is 32.2 Å². The van der Waals surface area contributed by atoms with Gasteiger partial charge in [0, 0.05) is 11.8 Å². The molecule has 0 bridgehead atoms. The molecule has 0 aromatic heterocycles. The fourth-order valence-electron chi connectivity index (χ4n) is 2.09. The molecule has 0 aliphatic heterocycles. The molecule has 3 heteroatoms. The largest absolute Gasteiger partial charge is 0.496 e. The summed E-state index contributed by atoms with van der Waals surface area (Å²) in [5, 5.41) is 0. The lowest BCUT2D eigenvalue weighted by atomic mass is 9.84. The van der Waals surface area contributed by atoms with Crippen LogP contribution in [0.25, 0.3) is 0 Å². The van der Waals surface area contributed by atoms with Crippen LogP contribution in [0.1, 0.15) is 37.9 Å². The molecule has 0 aliphatic carbocycles. The first-order chi connectivity index (χ1) is 8.31. The van der Waals surface area contributed by atoms with Crippen LogP contribution in [-0.4, -0.2) is 31.9 Å². The molecule has 102 valence electrons. The molecule has 0 amide bonds. The summed E-state index contributed by atoms with van der Waals surface area (Å²) in [5.74, 6) is 1.77. The summed E-state index contributed by atoms with van der Waals surface area (Å²) in [4.78, 5) is 2.20. The third kappa shape index (κ3) is 3.42. The van der Waals surface area contributed by atoms with Gasteiger partial charge < -0.3 is 9.64 Å². The van der Waals surface area contributed by atoms with Gasteiger partial charge in [0.1, 0.15) is 5.75 Å². The standard InChI is InChI=1S/C15H25NOS/c1-15(2,3)12-9-11(7-8-14(12)17-6)13(10-18)16(4)5/h7-9,13,18H,10H2,1-6H3. The topological polar surface area (TPSA) is 12.5 Å². The van der Waals surface area contributed by atoms with E-state index >= 15 is 0 Å². The van der Waals surface area contributed by atoms with Gasteiger partial charge in [-0.15, -0.1) is 0 Å².